The molecule has 0 amide bonds. The fourth-order valence-electron chi connectivity index (χ4n) is 1.97. The van der Waals surface area contributed by atoms with Crippen molar-refractivity contribution in [3.05, 3.63) is 35.5 Å². The highest BCUT2D eigenvalue weighted by molar-refractivity contribution is 5.86. The fourth-order valence-corrected chi connectivity index (χ4v) is 1.97. The Hall–Kier alpha value is -1.61. The molecule has 0 atom stereocenters. The first-order valence-electron chi connectivity index (χ1n) is 5.39. The summed E-state index contributed by atoms with van der Waals surface area (Å²) in [4.78, 5) is 4.43. The van der Waals surface area contributed by atoms with Gasteiger partial charge in [0.1, 0.15) is 5.75 Å². The number of fused-ring (bicyclic) bond motifs is 1. The zero-order valence-electron chi connectivity index (χ0n) is 9.66. The number of nitrogens with two attached hydrogens (primary N) is 1. The average Bonchev–Trinajstić information content (AvgIpc) is 2.30. The van der Waals surface area contributed by atoms with E-state index in [4.69, 9.17) is 10.5 Å². The molecule has 0 unspecified atom stereocenters. The molecular formula is C13H16N2O. The summed E-state index contributed by atoms with van der Waals surface area (Å²) in [7, 11) is 1.68. The molecule has 1 aromatic heterocycles. The molecule has 0 radical (unpaired) electrons. The summed E-state index contributed by atoms with van der Waals surface area (Å²) < 4.78 is 5.35. The van der Waals surface area contributed by atoms with E-state index in [0.717, 1.165) is 23.3 Å². The molecule has 0 aliphatic heterocycles. The molecule has 0 fully saturated rings. The van der Waals surface area contributed by atoms with Crippen molar-refractivity contribution in [1.82, 2.24) is 4.98 Å². The molecule has 0 saturated carbocycles. The van der Waals surface area contributed by atoms with Gasteiger partial charge in [-0.3, -0.25) is 4.98 Å². The normalized spacial score (nSPS) is 10.7. The lowest BCUT2D eigenvalue weighted by molar-refractivity contribution is 0.410. The quantitative estimate of drug-likeness (QED) is 0.854. The van der Waals surface area contributed by atoms with Crippen LogP contribution in [0.3, 0.4) is 0 Å². The molecule has 2 aromatic rings. The van der Waals surface area contributed by atoms with Gasteiger partial charge in [-0.2, -0.15) is 0 Å². The van der Waals surface area contributed by atoms with Crippen LogP contribution in [0.1, 0.15) is 11.1 Å². The largest absolute Gasteiger partial charge is 0.496 e. The molecule has 3 nitrogen and oxygen atoms in total. The van der Waals surface area contributed by atoms with E-state index in [1.54, 1.807) is 7.11 Å². The monoisotopic (exact) mass is 216 g/mol. The zero-order chi connectivity index (χ0) is 11.5. The van der Waals surface area contributed by atoms with E-state index in [1.165, 1.54) is 10.9 Å². The average molecular weight is 216 g/mol. The van der Waals surface area contributed by atoms with E-state index in [0.29, 0.717) is 6.54 Å². The van der Waals surface area contributed by atoms with Gasteiger partial charge in [0.05, 0.1) is 12.6 Å². The first-order valence-corrected chi connectivity index (χ1v) is 5.39. The van der Waals surface area contributed by atoms with Crippen LogP contribution in [0.5, 0.6) is 5.75 Å². The van der Waals surface area contributed by atoms with Gasteiger partial charge in [-0.1, -0.05) is 0 Å². The molecule has 0 aliphatic carbocycles. The minimum atomic E-state index is 0.602. The van der Waals surface area contributed by atoms with Gasteiger partial charge in [-0.25, -0.2) is 0 Å². The van der Waals surface area contributed by atoms with Gasteiger partial charge in [-0.15, -0.1) is 0 Å². The van der Waals surface area contributed by atoms with Gasteiger partial charge < -0.3 is 10.5 Å². The summed E-state index contributed by atoms with van der Waals surface area (Å²) >= 11 is 0. The standard InChI is InChI=1S/C13H16N2O/c1-9-6-8-15-13-10(9)3-4-12(16-2)11(13)5-7-14/h3-4,6,8H,5,7,14H2,1-2H3. The number of benzene rings is 1. The molecule has 1 aromatic carbocycles. The fraction of sp³-hybridized carbons (Fsp3) is 0.308. The lowest BCUT2D eigenvalue weighted by atomic mass is 10.0. The van der Waals surface area contributed by atoms with E-state index >= 15 is 0 Å². The Balaban J connectivity index is 2.73. The molecule has 0 bridgehead atoms. The van der Waals surface area contributed by atoms with Gasteiger partial charge in [0.2, 0.25) is 0 Å². The van der Waals surface area contributed by atoms with Gasteiger partial charge in [0.15, 0.2) is 0 Å². The van der Waals surface area contributed by atoms with Crippen LogP contribution in [0.15, 0.2) is 24.4 Å². The van der Waals surface area contributed by atoms with Crippen molar-refractivity contribution in [2.75, 3.05) is 13.7 Å². The molecule has 0 aliphatic rings. The molecule has 1 heterocycles. The van der Waals surface area contributed by atoms with E-state index in [-0.39, 0.29) is 0 Å². The van der Waals surface area contributed by atoms with E-state index in [2.05, 4.69) is 18.0 Å². The number of hydrogen-bond acceptors (Lipinski definition) is 3. The van der Waals surface area contributed by atoms with Crippen LogP contribution in [-0.2, 0) is 6.42 Å². The Bertz CT molecular complexity index is 509. The molecule has 2 rings (SSSR count). The first kappa shape index (κ1) is 10.9. The highest BCUT2D eigenvalue weighted by Crippen LogP contribution is 2.28. The van der Waals surface area contributed by atoms with E-state index < -0.39 is 0 Å². The molecular weight excluding hydrogens is 200 g/mol. The maximum Gasteiger partial charge on any atom is 0.124 e. The summed E-state index contributed by atoms with van der Waals surface area (Å²) in [5.74, 6) is 0.871. The maximum absolute atomic E-state index is 5.63. The SMILES string of the molecule is COc1ccc2c(C)ccnc2c1CCN. The van der Waals surface area contributed by atoms with Crippen LogP contribution < -0.4 is 10.5 Å². The molecule has 0 saturated heterocycles. The third kappa shape index (κ3) is 1.74. The van der Waals surface area contributed by atoms with Crippen molar-refractivity contribution in [2.24, 2.45) is 5.73 Å². The van der Waals surface area contributed by atoms with Crippen LogP contribution in [0.4, 0.5) is 0 Å². The summed E-state index contributed by atoms with van der Waals surface area (Å²) in [6.07, 6.45) is 2.62. The second-order valence-corrected chi connectivity index (χ2v) is 3.81. The van der Waals surface area contributed by atoms with Crippen LogP contribution >= 0.6 is 0 Å². The molecule has 84 valence electrons. The van der Waals surface area contributed by atoms with Crippen LogP contribution in [0.25, 0.3) is 10.9 Å². The van der Waals surface area contributed by atoms with Gasteiger partial charge in [-0.05, 0) is 43.7 Å². The second kappa shape index (κ2) is 4.49. The van der Waals surface area contributed by atoms with E-state index in [1.807, 2.05) is 18.3 Å². The van der Waals surface area contributed by atoms with Crippen molar-refractivity contribution >= 4 is 10.9 Å². The summed E-state index contributed by atoms with van der Waals surface area (Å²) in [6.45, 7) is 2.69. The Morgan fingerprint density at radius 3 is 2.81 bits per heavy atom. The number of aromatic nitrogens is 1. The number of pyridine rings is 1. The topological polar surface area (TPSA) is 48.1 Å². The van der Waals surface area contributed by atoms with Crippen molar-refractivity contribution < 1.29 is 4.74 Å². The minimum absolute atomic E-state index is 0.602. The summed E-state index contributed by atoms with van der Waals surface area (Å²) in [5, 5.41) is 1.17. The lowest BCUT2D eigenvalue weighted by Gasteiger charge is -2.11. The first-order chi connectivity index (χ1) is 7.77. The number of aryl methyl sites for hydroxylation is 1. The molecule has 16 heavy (non-hydrogen) atoms. The van der Waals surface area contributed by atoms with Crippen LogP contribution in [0, 0.1) is 6.92 Å². The predicted octanol–water partition coefficient (Wildman–Crippen LogP) is 2.05. The number of methoxy groups -OCH3 is 1. The van der Waals surface area contributed by atoms with Crippen LogP contribution in [0.2, 0.25) is 0 Å². The minimum Gasteiger partial charge on any atom is -0.496 e. The molecule has 2 N–H and O–H groups in total. The third-order valence-electron chi connectivity index (χ3n) is 2.81. The van der Waals surface area contributed by atoms with Crippen molar-refractivity contribution in [3.8, 4) is 5.75 Å². The Morgan fingerprint density at radius 2 is 2.12 bits per heavy atom. The second-order valence-electron chi connectivity index (χ2n) is 3.81. The number of ether oxygens (including phenoxy) is 1. The third-order valence-corrected chi connectivity index (χ3v) is 2.81. The van der Waals surface area contributed by atoms with Crippen molar-refractivity contribution in [3.63, 3.8) is 0 Å². The Morgan fingerprint density at radius 1 is 1.31 bits per heavy atom. The van der Waals surface area contributed by atoms with Crippen molar-refractivity contribution in [2.45, 2.75) is 13.3 Å². The smallest absolute Gasteiger partial charge is 0.124 e. The van der Waals surface area contributed by atoms with Gasteiger partial charge >= 0.3 is 0 Å². The predicted molar refractivity (Wildman–Crippen MR) is 65.8 cm³/mol. The Labute approximate surface area is 95.2 Å². The number of nitrogens with zero attached hydrogens (tertiary/aromatic N) is 1. The highest BCUT2D eigenvalue weighted by Gasteiger charge is 2.09. The van der Waals surface area contributed by atoms with E-state index in [9.17, 15) is 0 Å². The van der Waals surface area contributed by atoms with Crippen molar-refractivity contribution in [1.29, 1.82) is 0 Å². The Kier molecular flexibility index (Phi) is 3.06. The summed E-state index contributed by atoms with van der Waals surface area (Å²) in [5.41, 5.74) is 8.96. The zero-order valence-corrected chi connectivity index (χ0v) is 9.66. The highest BCUT2D eigenvalue weighted by atomic mass is 16.5. The number of hydrogen-bond donors (Lipinski definition) is 1. The van der Waals surface area contributed by atoms with Crippen LogP contribution in [-0.4, -0.2) is 18.6 Å². The maximum atomic E-state index is 5.63. The molecule has 3 heteroatoms. The molecule has 0 spiro atoms. The lowest BCUT2D eigenvalue weighted by Crippen LogP contribution is -2.05. The van der Waals surface area contributed by atoms with Gasteiger partial charge in [0.25, 0.3) is 0 Å². The van der Waals surface area contributed by atoms with Gasteiger partial charge in [0, 0.05) is 17.1 Å². The number of rotatable bonds is 3. The summed E-state index contributed by atoms with van der Waals surface area (Å²) in [6, 6.07) is 6.06.